The number of halogens is 1. The monoisotopic (exact) mass is 265 g/mol. The molecule has 1 aliphatic heterocycles. The number of rotatable bonds is 6. The SMILES string of the molecule is CCCCCCC1CC(c2ccc(Cl)cc2)=NO1. The van der Waals surface area contributed by atoms with E-state index in [2.05, 4.69) is 12.1 Å². The van der Waals surface area contributed by atoms with Gasteiger partial charge in [0.1, 0.15) is 6.10 Å². The molecule has 1 heterocycles. The van der Waals surface area contributed by atoms with Crippen LogP contribution in [0.15, 0.2) is 29.4 Å². The van der Waals surface area contributed by atoms with Gasteiger partial charge in [-0.2, -0.15) is 0 Å². The zero-order valence-electron chi connectivity index (χ0n) is 10.9. The third-order valence-corrected chi connectivity index (χ3v) is 3.54. The first-order valence-corrected chi connectivity index (χ1v) is 7.16. The van der Waals surface area contributed by atoms with Crippen LogP contribution in [-0.4, -0.2) is 11.8 Å². The van der Waals surface area contributed by atoms with Crippen molar-refractivity contribution in [1.82, 2.24) is 0 Å². The largest absolute Gasteiger partial charge is 0.392 e. The van der Waals surface area contributed by atoms with Gasteiger partial charge in [-0.25, -0.2) is 0 Å². The standard InChI is InChI=1S/C15H20ClNO/c1-2-3-4-5-6-14-11-15(17-18-14)12-7-9-13(16)10-8-12/h7-10,14H,2-6,11H2,1H3. The van der Waals surface area contributed by atoms with Crippen LogP contribution in [0.1, 0.15) is 51.0 Å². The van der Waals surface area contributed by atoms with Crippen molar-refractivity contribution < 1.29 is 4.84 Å². The number of benzene rings is 1. The summed E-state index contributed by atoms with van der Waals surface area (Å²) in [4.78, 5) is 5.49. The van der Waals surface area contributed by atoms with Gasteiger partial charge in [0.05, 0.1) is 5.71 Å². The molecule has 2 rings (SSSR count). The van der Waals surface area contributed by atoms with Crippen molar-refractivity contribution >= 4 is 17.3 Å². The molecule has 1 aromatic carbocycles. The van der Waals surface area contributed by atoms with Crippen LogP contribution in [0.2, 0.25) is 5.02 Å². The molecule has 98 valence electrons. The van der Waals surface area contributed by atoms with Crippen LogP contribution in [-0.2, 0) is 4.84 Å². The summed E-state index contributed by atoms with van der Waals surface area (Å²) in [6.45, 7) is 2.23. The highest BCUT2D eigenvalue weighted by atomic mass is 35.5. The third-order valence-electron chi connectivity index (χ3n) is 3.29. The van der Waals surface area contributed by atoms with Crippen LogP contribution in [0.4, 0.5) is 0 Å². The average Bonchev–Trinajstić information content (AvgIpc) is 2.84. The molecule has 2 nitrogen and oxygen atoms in total. The van der Waals surface area contributed by atoms with Gasteiger partial charge in [-0.15, -0.1) is 0 Å². The Balaban J connectivity index is 1.79. The Morgan fingerprint density at radius 1 is 1.22 bits per heavy atom. The fraction of sp³-hybridized carbons (Fsp3) is 0.533. The summed E-state index contributed by atoms with van der Waals surface area (Å²) in [5.74, 6) is 0. The average molecular weight is 266 g/mol. The van der Waals surface area contributed by atoms with Crippen LogP contribution >= 0.6 is 11.6 Å². The number of oxime groups is 1. The molecule has 0 aliphatic carbocycles. The second kappa shape index (κ2) is 6.79. The second-order valence-electron chi connectivity index (χ2n) is 4.83. The van der Waals surface area contributed by atoms with E-state index in [1.54, 1.807) is 0 Å². The molecule has 0 saturated carbocycles. The minimum Gasteiger partial charge on any atom is -0.392 e. The molecule has 1 aliphatic rings. The summed E-state index contributed by atoms with van der Waals surface area (Å²) >= 11 is 5.87. The molecular formula is C15H20ClNO. The molecular weight excluding hydrogens is 246 g/mol. The Bertz CT molecular complexity index is 399. The Morgan fingerprint density at radius 3 is 2.72 bits per heavy atom. The minimum atomic E-state index is 0.271. The van der Waals surface area contributed by atoms with Gasteiger partial charge in [-0.1, -0.05) is 55.1 Å². The maximum absolute atomic E-state index is 5.87. The van der Waals surface area contributed by atoms with Gasteiger partial charge >= 0.3 is 0 Å². The number of hydrogen-bond acceptors (Lipinski definition) is 2. The summed E-state index contributed by atoms with van der Waals surface area (Å²) in [7, 11) is 0. The second-order valence-corrected chi connectivity index (χ2v) is 5.26. The number of hydrogen-bond donors (Lipinski definition) is 0. The van der Waals surface area contributed by atoms with Crippen LogP contribution in [0.3, 0.4) is 0 Å². The fourth-order valence-electron chi connectivity index (χ4n) is 2.19. The van der Waals surface area contributed by atoms with Gasteiger partial charge in [0.15, 0.2) is 0 Å². The van der Waals surface area contributed by atoms with E-state index in [0.29, 0.717) is 0 Å². The van der Waals surface area contributed by atoms with E-state index in [1.807, 2.05) is 24.3 Å². The van der Waals surface area contributed by atoms with Crippen LogP contribution in [0.25, 0.3) is 0 Å². The lowest BCUT2D eigenvalue weighted by Gasteiger charge is -2.07. The topological polar surface area (TPSA) is 21.6 Å². The molecule has 0 aromatic heterocycles. The number of nitrogens with zero attached hydrogens (tertiary/aromatic N) is 1. The first-order valence-electron chi connectivity index (χ1n) is 6.78. The molecule has 1 atom stereocenters. The summed E-state index contributed by atoms with van der Waals surface area (Å²) < 4.78 is 0. The van der Waals surface area contributed by atoms with Gasteiger partial charge in [0, 0.05) is 11.4 Å². The lowest BCUT2D eigenvalue weighted by Crippen LogP contribution is -2.08. The Labute approximate surface area is 114 Å². The summed E-state index contributed by atoms with van der Waals surface area (Å²) in [5.41, 5.74) is 2.17. The van der Waals surface area contributed by atoms with E-state index in [4.69, 9.17) is 16.4 Å². The normalized spacial score (nSPS) is 18.6. The van der Waals surface area contributed by atoms with E-state index >= 15 is 0 Å². The van der Waals surface area contributed by atoms with Crippen molar-refractivity contribution in [2.75, 3.05) is 0 Å². The van der Waals surface area contributed by atoms with Crippen molar-refractivity contribution in [3.63, 3.8) is 0 Å². The van der Waals surface area contributed by atoms with Gasteiger partial charge in [0.25, 0.3) is 0 Å². The van der Waals surface area contributed by atoms with Crippen molar-refractivity contribution in [3.8, 4) is 0 Å². The first kappa shape index (κ1) is 13.4. The first-order chi connectivity index (χ1) is 8.79. The van der Waals surface area contributed by atoms with Crippen molar-refractivity contribution in [2.45, 2.75) is 51.6 Å². The van der Waals surface area contributed by atoms with Crippen LogP contribution in [0, 0.1) is 0 Å². The third kappa shape index (κ3) is 3.74. The highest BCUT2D eigenvalue weighted by Crippen LogP contribution is 2.22. The molecule has 0 saturated heterocycles. The molecule has 1 unspecified atom stereocenters. The highest BCUT2D eigenvalue weighted by molar-refractivity contribution is 6.30. The van der Waals surface area contributed by atoms with Crippen molar-refractivity contribution in [3.05, 3.63) is 34.9 Å². The zero-order chi connectivity index (χ0) is 12.8. The van der Waals surface area contributed by atoms with Gasteiger partial charge in [-0.05, 0) is 30.5 Å². The predicted octanol–water partition coefficient (Wildman–Crippen LogP) is 4.80. The molecule has 3 heteroatoms. The Kier molecular flexibility index (Phi) is 5.06. The van der Waals surface area contributed by atoms with Crippen LogP contribution < -0.4 is 0 Å². The molecule has 18 heavy (non-hydrogen) atoms. The molecule has 0 N–H and O–H groups in total. The van der Waals surface area contributed by atoms with Gasteiger partial charge < -0.3 is 4.84 Å². The maximum Gasteiger partial charge on any atom is 0.133 e. The smallest absolute Gasteiger partial charge is 0.133 e. The van der Waals surface area contributed by atoms with E-state index in [0.717, 1.165) is 29.1 Å². The molecule has 0 radical (unpaired) electrons. The summed E-state index contributed by atoms with van der Waals surface area (Å²) in [6, 6.07) is 7.80. The molecule has 0 fully saturated rings. The van der Waals surface area contributed by atoms with Crippen molar-refractivity contribution in [1.29, 1.82) is 0 Å². The quantitative estimate of drug-likeness (QED) is 0.677. The predicted molar refractivity (Wildman–Crippen MR) is 76.2 cm³/mol. The summed E-state index contributed by atoms with van der Waals surface area (Å²) in [6.07, 6.45) is 7.44. The van der Waals surface area contributed by atoms with Gasteiger partial charge in [-0.3, -0.25) is 0 Å². The lowest BCUT2D eigenvalue weighted by molar-refractivity contribution is 0.0770. The van der Waals surface area contributed by atoms with Crippen LogP contribution in [0.5, 0.6) is 0 Å². The highest BCUT2D eigenvalue weighted by Gasteiger charge is 2.21. The molecule has 0 spiro atoms. The van der Waals surface area contributed by atoms with E-state index in [9.17, 15) is 0 Å². The molecule has 0 bridgehead atoms. The van der Waals surface area contributed by atoms with E-state index in [1.165, 1.54) is 25.7 Å². The lowest BCUT2D eigenvalue weighted by atomic mass is 10.0. The van der Waals surface area contributed by atoms with Crippen molar-refractivity contribution in [2.24, 2.45) is 5.16 Å². The molecule has 0 amide bonds. The fourth-order valence-corrected chi connectivity index (χ4v) is 2.32. The molecule has 1 aromatic rings. The van der Waals surface area contributed by atoms with E-state index < -0.39 is 0 Å². The maximum atomic E-state index is 5.87. The summed E-state index contributed by atoms with van der Waals surface area (Å²) in [5, 5.41) is 4.95. The minimum absolute atomic E-state index is 0.271. The van der Waals surface area contributed by atoms with Gasteiger partial charge in [0.2, 0.25) is 0 Å². The number of unbranched alkanes of at least 4 members (excludes halogenated alkanes) is 3. The Morgan fingerprint density at radius 2 is 2.00 bits per heavy atom. The van der Waals surface area contributed by atoms with E-state index in [-0.39, 0.29) is 6.10 Å². The Hall–Kier alpha value is -1.02. The zero-order valence-corrected chi connectivity index (χ0v) is 11.6.